The Kier molecular flexibility index (Phi) is 6.45. The van der Waals surface area contributed by atoms with Gasteiger partial charge in [0, 0.05) is 24.3 Å². The summed E-state index contributed by atoms with van der Waals surface area (Å²) in [6.07, 6.45) is 6.05. The molecule has 2 heterocycles. The Hall–Kier alpha value is -2.14. The first kappa shape index (κ1) is 18.6. The Labute approximate surface area is 156 Å². The van der Waals surface area contributed by atoms with Crippen LogP contribution in [0.2, 0.25) is 0 Å². The third-order valence-corrected chi connectivity index (χ3v) is 5.24. The highest BCUT2D eigenvalue weighted by molar-refractivity contribution is 5.94. The van der Waals surface area contributed by atoms with E-state index >= 15 is 0 Å². The van der Waals surface area contributed by atoms with Crippen LogP contribution < -0.4 is 5.32 Å². The zero-order chi connectivity index (χ0) is 18.4. The quantitative estimate of drug-likeness (QED) is 0.836. The fourth-order valence-corrected chi connectivity index (χ4v) is 3.71. The zero-order valence-electron chi connectivity index (χ0n) is 16.0. The summed E-state index contributed by atoms with van der Waals surface area (Å²) >= 11 is 0. The summed E-state index contributed by atoms with van der Waals surface area (Å²) in [6.45, 7) is 7.90. The van der Waals surface area contributed by atoms with Crippen molar-refractivity contribution in [2.75, 3.05) is 19.6 Å². The highest BCUT2D eigenvalue weighted by Crippen LogP contribution is 2.14. The van der Waals surface area contributed by atoms with Crippen molar-refractivity contribution in [1.82, 2.24) is 20.4 Å². The molecule has 1 saturated heterocycles. The van der Waals surface area contributed by atoms with E-state index in [1.54, 1.807) is 0 Å². The number of carbonyl (C=O) groups is 1. The van der Waals surface area contributed by atoms with Crippen LogP contribution in [0.1, 0.15) is 58.6 Å². The number of hydrogen-bond donors (Lipinski definition) is 2. The van der Waals surface area contributed by atoms with Gasteiger partial charge in [-0.1, -0.05) is 25.0 Å². The van der Waals surface area contributed by atoms with Gasteiger partial charge in [-0.3, -0.25) is 14.8 Å². The zero-order valence-corrected chi connectivity index (χ0v) is 16.0. The molecular weight excluding hydrogens is 324 g/mol. The first-order valence-corrected chi connectivity index (χ1v) is 9.73. The van der Waals surface area contributed by atoms with Gasteiger partial charge in [-0.05, 0) is 69.5 Å². The van der Waals surface area contributed by atoms with E-state index in [1.807, 2.05) is 32.0 Å². The molecule has 1 fully saturated rings. The minimum Gasteiger partial charge on any atom is -0.352 e. The van der Waals surface area contributed by atoms with E-state index in [4.69, 9.17) is 0 Å². The van der Waals surface area contributed by atoms with Crippen molar-refractivity contribution in [3.63, 3.8) is 0 Å². The molecule has 0 radical (unpaired) electrons. The van der Waals surface area contributed by atoms with Crippen LogP contribution in [0.25, 0.3) is 0 Å². The summed E-state index contributed by atoms with van der Waals surface area (Å²) in [5.41, 5.74) is 5.26. The minimum absolute atomic E-state index is 0.00141. The number of hydrogen-bond acceptors (Lipinski definition) is 3. The predicted molar refractivity (Wildman–Crippen MR) is 104 cm³/mol. The second-order valence-corrected chi connectivity index (χ2v) is 7.31. The lowest BCUT2D eigenvalue weighted by atomic mass is 10.1. The molecule has 1 aromatic heterocycles. The van der Waals surface area contributed by atoms with Gasteiger partial charge in [-0.25, -0.2) is 0 Å². The predicted octanol–water partition coefficient (Wildman–Crippen LogP) is 3.38. The molecule has 1 aliphatic rings. The van der Waals surface area contributed by atoms with Gasteiger partial charge in [0.1, 0.15) is 0 Å². The maximum absolute atomic E-state index is 12.5. The van der Waals surface area contributed by atoms with Crippen molar-refractivity contribution in [2.24, 2.45) is 0 Å². The van der Waals surface area contributed by atoms with E-state index in [-0.39, 0.29) is 5.91 Å². The number of aromatic nitrogens is 2. The van der Waals surface area contributed by atoms with Gasteiger partial charge in [0.25, 0.3) is 5.91 Å². The summed E-state index contributed by atoms with van der Waals surface area (Å²) in [5, 5.41) is 10.2. The molecular formula is C21H30N4O. The van der Waals surface area contributed by atoms with Gasteiger partial charge in [0.15, 0.2) is 0 Å². The molecule has 2 aromatic rings. The molecule has 140 valence electrons. The first-order chi connectivity index (χ1) is 12.6. The van der Waals surface area contributed by atoms with Crippen molar-refractivity contribution in [3.8, 4) is 0 Å². The lowest BCUT2D eigenvalue weighted by molar-refractivity contribution is 0.0954. The highest BCUT2D eigenvalue weighted by Gasteiger charge is 2.12. The van der Waals surface area contributed by atoms with Crippen molar-refractivity contribution in [1.29, 1.82) is 0 Å². The summed E-state index contributed by atoms with van der Waals surface area (Å²) < 4.78 is 0. The fraction of sp³-hybridized carbons (Fsp3) is 0.524. The number of aryl methyl sites for hydroxylation is 2. The van der Waals surface area contributed by atoms with Gasteiger partial charge < -0.3 is 5.32 Å². The SMILES string of the molecule is Cc1n[nH]c(C)c1CCNC(=O)c1cccc(CN2CCCCCC2)c1. The molecule has 0 bridgehead atoms. The molecule has 0 spiro atoms. The van der Waals surface area contributed by atoms with Gasteiger partial charge in [0.2, 0.25) is 0 Å². The topological polar surface area (TPSA) is 61.0 Å². The number of aromatic amines is 1. The second kappa shape index (κ2) is 8.99. The van der Waals surface area contributed by atoms with Gasteiger partial charge >= 0.3 is 0 Å². The van der Waals surface area contributed by atoms with Crippen LogP contribution >= 0.6 is 0 Å². The molecule has 1 aromatic carbocycles. The maximum atomic E-state index is 12.5. The molecule has 2 N–H and O–H groups in total. The summed E-state index contributed by atoms with van der Waals surface area (Å²) in [6, 6.07) is 8.05. The number of carbonyl (C=O) groups excluding carboxylic acids is 1. The number of rotatable bonds is 6. The van der Waals surface area contributed by atoms with Crippen molar-refractivity contribution >= 4 is 5.91 Å². The van der Waals surface area contributed by atoms with Crippen LogP contribution in [-0.2, 0) is 13.0 Å². The number of nitrogens with one attached hydrogen (secondary N) is 2. The Bertz CT molecular complexity index is 710. The summed E-state index contributed by atoms with van der Waals surface area (Å²) in [4.78, 5) is 15.0. The van der Waals surface area contributed by atoms with E-state index in [0.717, 1.165) is 29.9 Å². The van der Waals surface area contributed by atoms with E-state index in [1.165, 1.54) is 49.9 Å². The van der Waals surface area contributed by atoms with Gasteiger partial charge in [-0.15, -0.1) is 0 Å². The maximum Gasteiger partial charge on any atom is 0.251 e. The van der Waals surface area contributed by atoms with Crippen LogP contribution in [0.15, 0.2) is 24.3 Å². The number of benzene rings is 1. The molecule has 26 heavy (non-hydrogen) atoms. The van der Waals surface area contributed by atoms with Crippen molar-refractivity contribution < 1.29 is 4.79 Å². The molecule has 3 rings (SSSR count). The molecule has 1 amide bonds. The van der Waals surface area contributed by atoms with Crippen LogP contribution in [0, 0.1) is 13.8 Å². The van der Waals surface area contributed by atoms with Crippen LogP contribution in [-0.4, -0.2) is 40.6 Å². The Morgan fingerprint density at radius 1 is 1.19 bits per heavy atom. The summed E-state index contributed by atoms with van der Waals surface area (Å²) in [5.74, 6) is 0.00141. The number of H-pyrrole nitrogens is 1. The van der Waals surface area contributed by atoms with Crippen LogP contribution in [0.3, 0.4) is 0 Å². The Morgan fingerprint density at radius 2 is 1.96 bits per heavy atom. The monoisotopic (exact) mass is 354 g/mol. The smallest absolute Gasteiger partial charge is 0.251 e. The number of amides is 1. The molecule has 5 heteroatoms. The van der Waals surface area contributed by atoms with E-state index in [2.05, 4.69) is 26.5 Å². The van der Waals surface area contributed by atoms with E-state index in [9.17, 15) is 4.79 Å². The molecule has 0 unspecified atom stereocenters. The normalized spacial score (nSPS) is 15.6. The number of nitrogens with zero attached hydrogens (tertiary/aromatic N) is 2. The molecule has 0 atom stereocenters. The third kappa shape index (κ3) is 4.94. The molecule has 0 aliphatic carbocycles. The van der Waals surface area contributed by atoms with Crippen LogP contribution in [0.5, 0.6) is 0 Å². The Morgan fingerprint density at radius 3 is 2.65 bits per heavy atom. The third-order valence-electron chi connectivity index (χ3n) is 5.24. The summed E-state index contributed by atoms with van der Waals surface area (Å²) in [7, 11) is 0. The van der Waals surface area contributed by atoms with Crippen LogP contribution in [0.4, 0.5) is 0 Å². The number of likely N-dealkylation sites (tertiary alicyclic amines) is 1. The van der Waals surface area contributed by atoms with Gasteiger partial charge in [-0.2, -0.15) is 5.10 Å². The van der Waals surface area contributed by atoms with E-state index < -0.39 is 0 Å². The first-order valence-electron chi connectivity index (χ1n) is 9.73. The minimum atomic E-state index is 0.00141. The lowest BCUT2D eigenvalue weighted by Crippen LogP contribution is -2.27. The van der Waals surface area contributed by atoms with Crippen molar-refractivity contribution in [3.05, 3.63) is 52.3 Å². The fourth-order valence-electron chi connectivity index (χ4n) is 3.71. The Balaban J connectivity index is 1.54. The van der Waals surface area contributed by atoms with Crippen molar-refractivity contribution in [2.45, 2.75) is 52.5 Å². The average Bonchev–Trinajstić information content (AvgIpc) is 2.83. The molecule has 5 nitrogen and oxygen atoms in total. The molecule has 0 saturated carbocycles. The molecule has 1 aliphatic heterocycles. The van der Waals surface area contributed by atoms with E-state index in [0.29, 0.717) is 6.54 Å². The standard InChI is InChI=1S/C21H30N4O/c1-16-20(17(2)24-23-16)10-11-22-21(26)19-9-7-8-18(14-19)15-25-12-5-3-4-6-13-25/h7-9,14H,3-6,10-13,15H2,1-2H3,(H,22,26)(H,23,24). The van der Waals surface area contributed by atoms with Gasteiger partial charge in [0.05, 0.1) is 5.69 Å². The highest BCUT2D eigenvalue weighted by atomic mass is 16.1. The lowest BCUT2D eigenvalue weighted by Gasteiger charge is -2.20. The second-order valence-electron chi connectivity index (χ2n) is 7.31. The largest absolute Gasteiger partial charge is 0.352 e. The average molecular weight is 354 g/mol.